The number of carbonyl (C=O) groups is 1. The summed E-state index contributed by atoms with van der Waals surface area (Å²) in [5.74, 6) is 0.670. The summed E-state index contributed by atoms with van der Waals surface area (Å²) in [4.78, 5) is 12.2. The minimum atomic E-state index is -0.350. The van der Waals surface area contributed by atoms with Crippen LogP contribution in [-0.4, -0.2) is 23.3 Å². The van der Waals surface area contributed by atoms with E-state index in [2.05, 4.69) is 20.8 Å². The lowest BCUT2D eigenvalue weighted by atomic mass is 10.0. The van der Waals surface area contributed by atoms with Crippen molar-refractivity contribution in [1.29, 1.82) is 0 Å². The Morgan fingerprint density at radius 1 is 1.13 bits per heavy atom. The molecule has 0 fully saturated rings. The minimum absolute atomic E-state index is 0.350. The second-order valence-corrected chi connectivity index (χ2v) is 4.84. The third kappa shape index (κ3) is 3.49. The van der Waals surface area contributed by atoms with Gasteiger partial charge in [-0.15, -0.1) is 0 Å². The Hall–Kier alpha value is -3.28. The number of methoxy groups -OCH3 is 1. The summed E-state index contributed by atoms with van der Waals surface area (Å²) in [6, 6.07) is 15.1. The van der Waals surface area contributed by atoms with Gasteiger partial charge in [-0.3, -0.25) is 5.10 Å². The number of hydrogen-bond donors (Lipinski definition) is 3. The van der Waals surface area contributed by atoms with Gasteiger partial charge in [0.1, 0.15) is 5.75 Å². The first kappa shape index (κ1) is 14.6. The maximum absolute atomic E-state index is 12.2. The van der Waals surface area contributed by atoms with Gasteiger partial charge in [-0.25, -0.2) is 4.79 Å². The molecular weight excluding hydrogens is 292 g/mol. The predicted molar refractivity (Wildman–Crippen MR) is 89.7 cm³/mol. The second-order valence-electron chi connectivity index (χ2n) is 4.84. The fourth-order valence-electron chi connectivity index (χ4n) is 2.23. The lowest BCUT2D eigenvalue weighted by Crippen LogP contribution is -2.19. The molecule has 3 aromatic rings. The van der Waals surface area contributed by atoms with Crippen LogP contribution in [0.25, 0.3) is 11.1 Å². The van der Waals surface area contributed by atoms with Crippen LogP contribution in [0.15, 0.2) is 60.9 Å². The summed E-state index contributed by atoms with van der Waals surface area (Å²) in [6.07, 6.45) is 3.13. The van der Waals surface area contributed by atoms with Crippen LogP contribution in [-0.2, 0) is 0 Å². The van der Waals surface area contributed by atoms with Crippen molar-refractivity contribution < 1.29 is 9.53 Å². The summed E-state index contributed by atoms with van der Waals surface area (Å²) in [5.41, 5.74) is 3.17. The fraction of sp³-hybridized carbons (Fsp3) is 0.0588. The molecule has 3 N–H and O–H groups in total. The number of ether oxygens (including phenoxy) is 1. The van der Waals surface area contributed by atoms with Crippen molar-refractivity contribution in [3.8, 4) is 16.9 Å². The molecule has 0 aliphatic rings. The summed E-state index contributed by atoms with van der Waals surface area (Å²) in [5, 5.41) is 12.0. The molecule has 0 aliphatic carbocycles. The highest BCUT2D eigenvalue weighted by Crippen LogP contribution is 2.31. The average molecular weight is 308 g/mol. The maximum atomic E-state index is 12.2. The zero-order chi connectivity index (χ0) is 16.1. The van der Waals surface area contributed by atoms with Gasteiger partial charge in [0.2, 0.25) is 0 Å². The molecule has 0 saturated carbocycles. The van der Waals surface area contributed by atoms with E-state index in [0.717, 1.165) is 11.1 Å². The Labute approximate surface area is 133 Å². The van der Waals surface area contributed by atoms with E-state index < -0.39 is 0 Å². The van der Waals surface area contributed by atoms with E-state index in [4.69, 9.17) is 4.74 Å². The second kappa shape index (κ2) is 6.65. The lowest BCUT2D eigenvalue weighted by molar-refractivity contribution is 0.262. The Kier molecular flexibility index (Phi) is 4.24. The van der Waals surface area contributed by atoms with Gasteiger partial charge < -0.3 is 15.4 Å². The van der Waals surface area contributed by atoms with Gasteiger partial charge in [-0.05, 0) is 17.7 Å². The Morgan fingerprint density at radius 3 is 2.65 bits per heavy atom. The van der Waals surface area contributed by atoms with E-state index in [9.17, 15) is 4.79 Å². The summed E-state index contributed by atoms with van der Waals surface area (Å²) in [6.45, 7) is 0. The number of anilines is 2. The summed E-state index contributed by atoms with van der Waals surface area (Å²) < 4.78 is 5.25. The number of nitrogens with one attached hydrogen (secondary N) is 3. The van der Waals surface area contributed by atoms with Crippen molar-refractivity contribution >= 4 is 17.4 Å². The lowest BCUT2D eigenvalue weighted by Gasteiger charge is -2.13. The first-order chi connectivity index (χ1) is 11.3. The van der Waals surface area contributed by atoms with Crippen LogP contribution >= 0.6 is 0 Å². The van der Waals surface area contributed by atoms with Gasteiger partial charge in [0.25, 0.3) is 0 Å². The van der Waals surface area contributed by atoms with Crippen LogP contribution in [0.3, 0.4) is 0 Å². The molecule has 2 aromatic carbocycles. The Bertz CT molecular complexity index is 786. The predicted octanol–water partition coefficient (Wildman–Crippen LogP) is 3.73. The first-order valence-electron chi connectivity index (χ1n) is 7.06. The molecule has 0 spiro atoms. The number of aromatic nitrogens is 2. The molecule has 0 unspecified atom stereocenters. The number of carbonyl (C=O) groups excluding carboxylic acids is 1. The van der Waals surface area contributed by atoms with E-state index in [0.29, 0.717) is 17.1 Å². The highest BCUT2D eigenvalue weighted by molar-refractivity contribution is 6.02. The van der Waals surface area contributed by atoms with Gasteiger partial charge in [0, 0.05) is 17.8 Å². The topological polar surface area (TPSA) is 79.0 Å². The minimum Gasteiger partial charge on any atom is -0.497 e. The molecule has 0 bridgehead atoms. The molecule has 0 atom stereocenters. The molecule has 0 saturated heterocycles. The van der Waals surface area contributed by atoms with Gasteiger partial charge in [-0.2, -0.15) is 5.10 Å². The van der Waals surface area contributed by atoms with E-state index in [-0.39, 0.29) is 6.03 Å². The summed E-state index contributed by atoms with van der Waals surface area (Å²) in [7, 11) is 1.59. The van der Waals surface area contributed by atoms with Crippen molar-refractivity contribution in [2.45, 2.75) is 0 Å². The molecule has 6 heteroatoms. The zero-order valence-electron chi connectivity index (χ0n) is 12.5. The number of amides is 2. The number of benzene rings is 2. The molecule has 1 heterocycles. The van der Waals surface area contributed by atoms with Crippen LogP contribution < -0.4 is 15.4 Å². The molecule has 1 aromatic heterocycles. The third-order valence-electron chi connectivity index (χ3n) is 3.32. The number of hydrogen-bond acceptors (Lipinski definition) is 3. The van der Waals surface area contributed by atoms with Gasteiger partial charge in [0.15, 0.2) is 0 Å². The van der Waals surface area contributed by atoms with Crippen LogP contribution in [0.4, 0.5) is 16.2 Å². The monoisotopic (exact) mass is 308 g/mol. The van der Waals surface area contributed by atoms with Gasteiger partial charge in [0.05, 0.1) is 24.7 Å². The number of aromatic amines is 1. The number of H-pyrrole nitrogens is 1. The normalized spacial score (nSPS) is 10.1. The van der Waals surface area contributed by atoms with Crippen molar-refractivity contribution in [2.24, 2.45) is 0 Å². The molecule has 0 aliphatic heterocycles. The molecule has 23 heavy (non-hydrogen) atoms. The van der Waals surface area contributed by atoms with Crippen LogP contribution in [0.5, 0.6) is 5.75 Å². The SMILES string of the molecule is COc1ccc(-c2ccccc2)c(NC(=O)Nc2cn[nH]c2)c1. The Morgan fingerprint density at radius 2 is 1.96 bits per heavy atom. The largest absolute Gasteiger partial charge is 0.497 e. The van der Waals surface area contributed by atoms with Crippen LogP contribution in [0, 0.1) is 0 Å². The van der Waals surface area contributed by atoms with Crippen LogP contribution in [0.2, 0.25) is 0 Å². The standard InChI is InChI=1S/C17H16N4O2/c1-23-14-7-8-15(12-5-3-2-4-6-12)16(9-14)21-17(22)20-13-10-18-19-11-13/h2-11H,1H3,(H,18,19)(H2,20,21,22). The number of rotatable bonds is 4. The molecular formula is C17H16N4O2. The zero-order valence-corrected chi connectivity index (χ0v) is 12.5. The molecule has 3 rings (SSSR count). The number of urea groups is 1. The molecule has 0 radical (unpaired) electrons. The molecule has 2 amide bonds. The Balaban J connectivity index is 1.88. The first-order valence-corrected chi connectivity index (χ1v) is 7.06. The fourth-order valence-corrected chi connectivity index (χ4v) is 2.23. The van der Waals surface area contributed by atoms with Gasteiger partial charge in [-0.1, -0.05) is 30.3 Å². The third-order valence-corrected chi connectivity index (χ3v) is 3.32. The molecule has 6 nitrogen and oxygen atoms in total. The van der Waals surface area contributed by atoms with Crippen molar-refractivity contribution in [3.63, 3.8) is 0 Å². The van der Waals surface area contributed by atoms with Crippen molar-refractivity contribution in [3.05, 3.63) is 60.9 Å². The van der Waals surface area contributed by atoms with E-state index in [1.165, 1.54) is 6.20 Å². The van der Waals surface area contributed by atoms with E-state index in [1.54, 1.807) is 19.4 Å². The summed E-state index contributed by atoms with van der Waals surface area (Å²) >= 11 is 0. The quantitative estimate of drug-likeness (QED) is 0.687. The number of nitrogens with zero attached hydrogens (tertiary/aromatic N) is 1. The molecule has 116 valence electrons. The highest BCUT2D eigenvalue weighted by Gasteiger charge is 2.10. The smallest absolute Gasteiger partial charge is 0.323 e. The van der Waals surface area contributed by atoms with Crippen molar-refractivity contribution in [2.75, 3.05) is 17.7 Å². The average Bonchev–Trinajstić information content (AvgIpc) is 3.08. The maximum Gasteiger partial charge on any atom is 0.323 e. The highest BCUT2D eigenvalue weighted by atomic mass is 16.5. The van der Waals surface area contributed by atoms with Crippen molar-refractivity contribution in [1.82, 2.24) is 10.2 Å². The van der Waals surface area contributed by atoms with E-state index in [1.807, 2.05) is 42.5 Å². The van der Waals surface area contributed by atoms with E-state index >= 15 is 0 Å². The van der Waals surface area contributed by atoms with Gasteiger partial charge >= 0.3 is 6.03 Å². The van der Waals surface area contributed by atoms with Crippen LogP contribution in [0.1, 0.15) is 0 Å².